The molecule has 9 heteroatoms. The molecule has 1 aliphatic rings. The molecule has 7 nitrogen and oxygen atoms in total. The van der Waals surface area contributed by atoms with Crippen LogP contribution in [-0.4, -0.2) is 27.7 Å². The summed E-state index contributed by atoms with van der Waals surface area (Å²) in [5, 5.41) is 12.0. The molecule has 4 aromatic carbocycles. The largest absolute Gasteiger partial charge is 0.493 e. The van der Waals surface area contributed by atoms with Crippen molar-refractivity contribution < 1.29 is 14.3 Å². The monoisotopic (exact) mass is 582 g/mol. The molecule has 41 heavy (non-hydrogen) atoms. The Labute approximate surface area is 247 Å². The minimum absolute atomic E-state index is 0.189. The van der Waals surface area contributed by atoms with E-state index in [4.69, 9.17) is 26.1 Å². The fourth-order valence-electron chi connectivity index (χ4n) is 4.93. The van der Waals surface area contributed by atoms with Crippen molar-refractivity contribution in [1.29, 1.82) is 0 Å². The molecule has 6 rings (SSSR count). The molecule has 1 amide bonds. The summed E-state index contributed by atoms with van der Waals surface area (Å²) in [6.45, 7) is 4.12. The minimum atomic E-state index is -0.869. The lowest BCUT2D eigenvalue weighted by Crippen LogP contribution is -2.36. The van der Waals surface area contributed by atoms with Gasteiger partial charge in [-0.25, -0.2) is 0 Å². The highest BCUT2D eigenvalue weighted by Gasteiger charge is 2.37. The van der Waals surface area contributed by atoms with Crippen molar-refractivity contribution in [1.82, 2.24) is 15.2 Å². The lowest BCUT2D eigenvalue weighted by Gasteiger charge is -2.31. The molecule has 206 valence electrons. The molecular weight excluding hydrogens is 556 g/mol. The summed E-state index contributed by atoms with van der Waals surface area (Å²) < 4.78 is 12.9. The van der Waals surface area contributed by atoms with Crippen LogP contribution in [0.5, 0.6) is 11.6 Å². The molecule has 5 aromatic rings. The van der Waals surface area contributed by atoms with Crippen LogP contribution in [0.2, 0.25) is 5.02 Å². The van der Waals surface area contributed by atoms with Gasteiger partial charge in [0.05, 0.1) is 17.9 Å². The van der Waals surface area contributed by atoms with Crippen LogP contribution in [0.15, 0.2) is 90.1 Å². The van der Waals surface area contributed by atoms with Crippen molar-refractivity contribution in [2.24, 2.45) is 0 Å². The van der Waals surface area contributed by atoms with Crippen LogP contribution in [0, 0.1) is 0 Å². The first-order valence-electron chi connectivity index (χ1n) is 13.4. The minimum Gasteiger partial charge on any atom is -0.493 e. The summed E-state index contributed by atoms with van der Waals surface area (Å²) in [5.74, 6) is 1.32. The third kappa shape index (κ3) is 5.33. The predicted octanol–water partition coefficient (Wildman–Crippen LogP) is 7.87. The van der Waals surface area contributed by atoms with Crippen molar-refractivity contribution in [2.75, 3.05) is 11.5 Å². The average Bonchev–Trinajstić information content (AvgIpc) is 3.13. The first-order chi connectivity index (χ1) is 20.0. The van der Waals surface area contributed by atoms with Crippen molar-refractivity contribution in [3.8, 4) is 22.9 Å². The third-order valence-corrected chi connectivity index (χ3v) is 8.06. The maximum atomic E-state index is 13.4. The molecule has 0 fully saturated rings. The number of rotatable bonds is 7. The molecule has 2 heterocycles. The number of halogens is 1. The molecule has 0 saturated heterocycles. The number of hydrogen-bond donors (Lipinski definition) is 0. The van der Waals surface area contributed by atoms with Gasteiger partial charge in [0, 0.05) is 23.3 Å². The van der Waals surface area contributed by atoms with E-state index in [0.717, 1.165) is 28.3 Å². The van der Waals surface area contributed by atoms with Crippen molar-refractivity contribution >= 4 is 45.7 Å². The van der Waals surface area contributed by atoms with Crippen LogP contribution >= 0.6 is 23.4 Å². The summed E-state index contributed by atoms with van der Waals surface area (Å²) in [6.07, 6.45) is -0.0331. The Kier molecular flexibility index (Phi) is 7.76. The third-order valence-electron chi connectivity index (χ3n) is 6.80. The highest BCUT2D eigenvalue weighted by atomic mass is 35.5. The number of hydrogen-bond acceptors (Lipinski definition) is 7. The van der Waals surface area contributed by atoms with E-state index in [1.165, 1.54) is 18.7 Å². The summed E-state index contributed by atoms with van der Waals surface area (Å²) in [4.78, 5) is 19.9. The number of ether oxygens (including phenoxy) is 2. The molecule has 0 aliphatic carbocycles. The van der Waals surface area contributed by atoms with Gasteiger partial charge in [-0.2, -0.15) is 4.98 Å². The molecule has 1 aromatic heterocycles. The predicted molar refractivity (Wildman–Crippen MR) is 163 cm³/mol. The number of amides is 1. The second-order valence-corrected chi connectivity index (χ2v) is 10.9. The topological polar surface area (TPSA) is 77.4 Å². The molecule has 0 radical (unpaired) electrons. The number of benzene rings is 4. The number of thioether (sulfide) groups is 1. The average molecular weight is 583 g/mol. The number of para-hydroxylation sites is 1. The van der Waals surface area contributed by atoms with Gasteiger partial charge in [-0.1, -0.05) is 97.0 Å². The van der Waals surface area contributed by atoms with Gasteiger partial charge < -0.3 is 9.47 Å². The molecule has 1 atom stereocenters. The maximum absolute atomic E-state index is 13.4. The van der Waals surface area contributed by atoms with E-state index < -0.39 is 6.23 Å². The molecule has 0 bridgehead atoms. The summed E-state index contributed by atoms with van der Waals surface area (Å²) in [7, 11) is 0. The van der Waals surface area contributed by atoms with E-state index in [9.17, 15) is 4.79 Å². The van der Waals surface area contributed by atoms with E-state index in [2.05, 4.69) is 17.1 Å². The molecule has 0 unspecified atom stereocenters. The number of nitrogens with zero attached hydrogens (tertiary/aromatic N) is 4. The van der Waals surface area contributed by atoms with Crippen LogP contribution in [0.25, 0.3) is 22.0 Å². The first-order valence-corrected chi connectivity index (χ1v) is 14.7. The van der Waals surface area contributed by atoms with Gasteiger partial charge in [0.15, 0.2) is 5.69 Å². The number of aromatic nitrogens is 3. The Bertz CT molecular complexity index is 1750. The van der Waals surface area contributed by atoms with Crippen LogP contribution in [0.1, 0.15) is 37.6 Å². The molecule has 1 aliphatic heterocycles. The lowest BCUT2D eigenvalue weighted by atomic mass is 10.0. The Hall–Kier alpha value is -4.14. The first kappa shape index (κ1) is 27.1. The Morgan fingerprint density at radius 3 is 2.61 bits per heavy atom. The lowest BCUT2D eigenvalue weighted by molar-refractivity contribution is -0.118. The van der Waals surface area contributed by atoms with E-state index in [1.807, 2.05) is 84.9 Å². The van der Waals surface area contributed by atoms with Crippen molar-refractivity contribution in [2.45, 2.75) is 37.4 Å². The number of carbonyl (C=O) groups excluding carboxylic acids is 1. The zero-order valence-corrected chi connectivity index (χ0v) is 24.2. The van der Waals surface area contributed by atoms with Crippen LogP contribution in [0.4, 0.5) is 5.69 Å². The van der Waals surface area contributed by atoms with E-state index in [1.54, 1.807) is 4.90 Å². The second kappa shape index (κ2) is 11.8. The summed E-state index contributed by atoms with van der Waals surface area (Å²) in [5.41, 5.74) is 3.55. The number of carbonyl (C=O) groups is 1. The van der Waals surface area contributed by atoms with Gasteiger partial charge in [-0.15, -0.1) is 10.2 Å². The smallest absolute Gasteiger partial charge is 0.247 e. The van der Waals surface area contributed by atoms with E-state index in [-0.39, 0.29) is 11.8 Å². The fourth-order valence-corrected chi connectivity index (χ4v) is 5.99. The van der Waals surface area contributed by atoms with Gasteiger partial charge in [0.1, 0.15) is 5.75 Å². The van der Waals surface area contributed by atoms with Crippen molar-refractivity contribution in [3.63, 3.8) is 0 Å². The van der Waals surface area contributed by atoms with Gasteiger partial charge in [0.25, 0.3) is 0 Å². The van der Waals surface area contributed by atoms with Crippen LogP contribution in [-0.2, 0) is 10.5 Å². The maximum Gasteiger partial charge on any atom is 0.247 e. The van der Waals surface area contributed by atoms with Gasteiger partial charge in [-0.3, -0.25) is 9.69 Å². The van der Waals surface area contributed by atoms with E-state index in [0.29, 0.717) is 45.2 Å². The normalized spacial score (nSPS) is 14.1. The molecule has 0 spiro atoms. The van der Waals surface area contributed by atoms with Crippen molar-refractivity contribution in [3.05, 3.63) is 101 Å². The Morgan fingerprint density at radius 1 is 1.00 bits per heavy atom. The molecule has 0 saturated carbocycles. The summed E-state index contributed by atoms with van der Waals surface area (Å²) in [6, 6.07) is 27.2. The quantitative estimate of drug-likeness (QED) is 0.181. The highest BCUT2D eigenvalue weighted by molar-refractivity contribution is 7.98. The highest BCUT2D eigenvalue weighted by Crippen LogP contribution is 2.46. The zero-order chi connectivity index (χ0) is 28.3. The second-order valence-electron chi connectivity index (χ2n) is 9.55. The van der Waals surface area contributed by atoms with Gasteiger partial charge in [0.2, 0.25) is 23.2 Å². The molecule has 0 N–H and O–H groups in total. The van der Waals surface area contributed by atoms with Crippen LogP contribution < -0.4 is 14.4 Å². The zero-order valence-electron chi connectivity index (χ0n) is 22.6. The number of anilines is 1. The Balaban J connectivity index is 1.51. The summed E-state index contributed by atoms with van der Waals surface area (Å²) >= 11 is 7.79. The van der Waals surface area contributed by atoms with Gasteiger partial charge in [-0.05, 0) is 41.0 Å². The Morgan fingerprint density at radius 2 is 1.78 bits per heavy atom. The van der Waals surface area contributed by atoms with Gasteiger partial charge >= 0.3 is 0 Å². The standard InChI is InChI=1S/C32H27ClN4O3S/c1-3-18-39-27-17-16-21-10-4-6-12-23(21)28(27)31-37(20(2)38)26-15-9-7-13-24(26)29-30(40-31)34-32(36-35-29)41-19-22-11-5-8-14-25(22)33/h4-17,31H,3,18-19H2,1-2H3/t31-/m1/s1. The molecular formula is C32H27ClN4O3S. The fraction of sp³-hybridized carbons (Fsp3) is 0.188. The van der Waals surface area contributed by atoms with E-state index >= 15 is 0 Å². The number of fused-ring (bicyclic) bond motifs is 4. The SMILES string of the molecule is CCCOc1ccc2ccccc2c1[C@H]1Oc2nc(SCc3ccccc3Cl)nnc2-c2ccccc2N1C(C)=O. The van der Waals surface area contributed by atoms with Crippen LogP contribution in [0.3, 0.4) is 0 Å².